The van der Waals surface area contributed by atoms with Crippen molar-refractivity contribution in [3.63, 3.8) is 0 Å². The van der Waals surface area contributed by atoms with E-state index in [4.69, 9.17) is 4.74 Å². The van der Waals surface area contributed by atoms with Gasteiger partial charge < -0.3 is 14.5 Å². The van der Waals surface area contributed by atoms with Crippen LogP contribution in [0.5, 0.6) is 11.5 Å². The number of nitrogens with zero attached hydrogens (tertiary/aromatic N) is 4. The molecule has 0 spiro atoms. The van der Waals surface area contributed by atoms with Crippen LogP contribution in [0.2, 0.25) is 0 Å². The minimum Gasteiger partial charge on any atom is -0.457 e. The maximum atomic E-state index is 12.9. The molecule has 31 heavy (non-hydrogen) atoms. The van der Waals surface area contributed by atoms with E-state index in [9.17, 15) is 18.0 Å². The normalized spacial score (nSPS) is 14.4. The smallest absolute Gasteiger partial charge is 0.416 e. The van der Waals surface area contributed by atoms with Crippen LogP contribution in [0.3, 0.4) is 0 Å². The maximum absolute atomic E-state index is 12.9. The molecule has 0 aliphatic carbocycles. The van der Waals surface area contributed by atoms with Crippen LogP contribution in [0.1, 0.15) is 15.9 Å². The van der Waals surface area contributed by atoms with E-state index < -0.39 is 11.7 Å². The van der Waals surface area contributed by atoms with Gasteiger partial charge in [0.1, 0.15) is 11.5 Å². The van der Waals surface area contributed by atoms with E-state index in [0.29, 0.717) is 43.4 Å². The fourth-order valence-corrected chi connectivity index (χ4v) is 3.31. The zero-order valence-corrected chi connectivity index (χ0v) is 16.4. The summed E-state index contributed by atoms with van der Waals surface area (Å²) in [5.74, 6) is 0.812. The molecular formula is C22H19F3N4O2. The molecule has 1 fully saturated rings. The summed E-state index contributed by atoms with van der Waals surface area (Å²) in [4.78, 5) is 25.1. The second kappa shape index (κ2) is 8.63. The third-order valence-electron chi connectivity index (χ3n) is 4.88. The zero-order valence-electron chi connectivity index (χ0n) is 16.4. The molecule has 1 aliphatic rings. The molecule has 3 aromatic rings. The van der Waals surface area contributed by atoms with Gasteiger partial charge in [-0.25, -0.2) is 9.97 Å². The number of ether oxygens (including phenoxy) is 1. The number of halogens is 3. The lowest BCUT2D eigenvalue weighted by molar-refractivity contribution is -0.137. The maximum Gasteiger partial charge on any atom is 0.416 e. The highest BCUT2D eigenvalue weighted by molar-refractivity contribution is 5.94. The van der Waals surface area contributed by atoms with Gasteiger partial charge in [-0.3, -0.25) is 4.79 Å². The van der Waals surface area contributed by atoms with Crippen molar-refractivity contribution in [1.29, 1.82) is 0 Å². The molecule has 0 radical (unpaired) electrons. The molecule has 1 aliphatic heterocycles. The first-order valence-corrected chi connectivity index (χ1v) is 9.66. The fraction of sp³-hybridized carbons (Fsp3) is 0.227. The Morgan fingerprint density at radius 1 is 0.871 bits per heavy atom. The average molecular weight is 428 g/mol. The Bertz CT molecular complexity index is 1050. The largest absolute Gasteiger partial charge is 0.457 e. The van der Waals surface area contributed by atoms with Gasteiger partial charge in [0.15, 0.2) is 0 Å². The van der Waals surface area contributed by atoms with E-state index in [1.54, 1.807) is 41.6 Å². The Hall–Kier alpha value is -3.62. The molecule has 0 N–H and O–H groups in total. The van der Waals surface area contributed by atoms with Gasteiger partial charge in [-0.1, -0.05) is 12.1 Å². The molecule has 2 heterocycles. The summed E-state index contributed by atoms with van der Waals surface area (Å²) < 4.78 is 44.3. The van der Waals surface area contributed by atoms with Gasteiger partial charge in [0, 0.05) is 44.1 Å². The van der Waals surface area contributed by atoms with Crippen LogP contribution in [-0.4, -0.2) is 47.0 Å². The van der Waals surface area contributed by atoms with Crippen molar-refractivity contribution in [1.82, 2.24) is 14.9 Å². The number of piperazine rings is 1. The van der Waals surface area contributed by atoms with Gasteiger partial charge in [0.2, 0.25) is 5.95 Å². The van der Waals surface area contributed by atoms with Crippen molar-refractivity contribution in [2.24, 2.45) is 0 Å². The lowest BCUT2D eigenvalue weighted by Crippen LogP contribution is -2.49. The predicted octanol–water partition coefficient (Wildman–Crippen LogP) is 4.25. The minimum atomic E-state index is -4.45. The first kappa shape index (κ1) is 20.6. The van der Waals surface area contributed by atoms with Crippen LogP contribution in [0.25, 0.3) is 0 Å². The van der Waals surface area contributed by atoms with E-state index in [2.05, 4.69) is 9.97 Å². The molecular weight excluding hydrogens is 409 g/mol. The number of rotatable bonds is 4. The fourth-order valence-electron chi connectivity index (χ4n) is 3.31. The lowest BCUT2D eigenvalue weighted by Gasteiger charge is -2.34. The van der Waals surface area contributed by atoms with Crippen molar-refractivity contribution < 1.29 is 22.7 Å². The Balaban J connectivity index is 1.42. The highest BCUT2D eigenvalue weighted by Crippen LogP contribution is 2.32. The van der Waals surface area contributed by atoms with Gasteiger partial charge in [-0.2, -0.15) is 13.2 Å². The van der Waals surface area contributed by atoms with Crippen LogP contribution in [0.15, 0.2) is 67.0 Å². The predicted molar refractivity (Wildman–Crippen MR) is 108 cm³/mol. The number of anilines is 1. The van der Waals surface area contributed by atoms with Gasteiger partial charge in [-0.15, -0.1) is 0 Å². The summed E-state index contributed by atoms with van der Waals surface area (Å²) in [5, 5.41) is 0. The number of alkyl halides is 3. The summed E-state index contributed by atoms with van der Waals surface area (Å²) in [6.45, 7) is 2.23. The molecule has 1 amide bonds. The van der Waals surface area contributed by atoms with Crippen molar-refractivity contribution in [2.45, 2.75) is 6.18 Å². The van der Waals surface area contributed by atoms with Crippen molar-refractivity contribution in [3.05, 3.63) is 78.1 Å². The zero-order chi connectivity index (χ0) is 21.8. The second-order valence-electron chi connectivity index (χ2n) is 6.98. The van der Waals surface area contributed by atoms with E-state index >= 15 is 0 Å². The number of hydrogen-bond acceptors (Lipinski definition) is 5. The Morgan fingerprint density at radius 2 is 1.52 bits per heavy atom. The summed E-state index contributed by atoms with van der Waals surface area (Å²) in [6.07, 6.45) is -1.10. The number of carbonyl (C=O) groups is 1. The summed E-state index contributed by atoms with van der Waals surface area (Å²) >= 11 is 0. The van der Waals surface area contributed by atoms with E-state index in [0.717, 1.165) is 12.1 Å². The third kappa shape index (κ3) is 4.93. The van der Waals surface area contributed by atoms with Crippen LogP contribution < -0.4 is 9.64 Å². The van der Waals surface area contributed by atoms with Crippen molar-refractivity contribution >= 4 is 11.9 Å². The lowest BCUT2D eigenvalue weighted by atomic mass is 10.1. The van der Waals surface area contributed by atoms with E-state index in [-0.39, 0.29) is 11.7 Å². The highest BCUT2D eigenvalue weighted by Gasteiger charge is 2.30. The Kier molecular flexibility index (Phi) is 5.75. The Labute approximate surface area is 176 Å². The second-order valence-corrected chi connectivity index (χ2v) is 6.98. The topological polar surface area (TPSA) is 58.6 Å². The van der Waals surface area contributed by atoms with Crippen LogP contribution in [-0.2, 0) is 6.18 Å². The van der Waals surface area contributed by atoms with Crippen molar-refractivity contribution in [3.8, 4) is 11.5 Å². The number of aromatic nitrogens is 2. The van der Waals surface area contributed by atoms with Crippen LogP contribution >= 0.6 is 0 Å². The van der Waals surface area contributed by atoms with Crippen molar-refractivity contribution in [2.75, 3.05) is 31.1 Å². The SMILES string of the molecule is O=C(c1cccc(Oc2cccc(C(F)(F)F)c2)c1)N1CCN(c2ncccn2)CC1. The monoisotopic (exact) mass is 428 g/mol. The van der Waals surface area contributed by atoms with E-state index in [1.807, 2.05) is 4.90 Å². The molecule has 0 saturated carbocycles. The first-order chi connectivity index (χ1) is 14.9. The van der Waals surface area contributed by atoms with E-state index in [1.165, 1.54) is 18.2 Å². The molecule has 4 rings (SSSR count). The van der Waals surface area contributed by atoms with Crippen LogP contribution in [0.4, 0.5) is 19.1 Å². The molecule has 0 unspecified atom stereocenters. The number of benzene rings is 2. The first-order valence-electron chi connectivity index (χ1n) is 9.66. The molecule has 0 bridgehead atoms. The van der Waals surface area contributed by atoms with Gasteiger partial charge in [0.25, 0.3) is 5.91 Å². The molecule has 1 aromatic heterocycles. The molecule has 6 nitrogen and oxygen atoms in total. The minimum absolute atomic E-state index is 0.0518. The standard InChI is InChI=1S/C22H19F3N4O2/c23-22(24,25)17-5-2-7-19(15-17)31-18-6-1-4-16(14-18)20(30)28-10-12-29(13-11-28)21-26-8-3-9-27-21/h1-9,14-15H,10-13H2. The summed E-state index contributed by atoms with van der Waals surface area (Å²) in [5.41, 5.74) is -0.383. The average Bonchev–Trinajstić information content (AvgIpc) is 2.79. The third-order valence-corrected chi connectivity index (χ3v) is 4.88. The van der Waals surface area contributed by atoms with Crippen LogP contribution in [0, 0.1) is 0 Å². The number of carbonyl (C=O) groups excluding carboxylic acids is 1. The molecule has 160 valence electrons. The quantitative estimate of drug-likeness (QED) is 0.622. The van der Waals surface area contributed by atoms with Gasteiger partial charge in [-0.05, 0) is 42.5 Å². The molecule has 0 atom stereocenters. The summed E-state index contributed by atoms with van der Waals surface area (Å²) in [7, 11) is 0. The molecule has 9 heteroatoms. The van der Waals surface area contributed by atoms with Gasteiger partial charge >= 0.3 is 6.18 Å². The Morgan fingerprint density at radius 3 is 2.19 bits per heavy atom. The van der Waals surface area contributed by atoms with Gasteiger partial charge in [0.05, 0.1) is 5.56 Å². The molecule has 2 aromatic carbocycles. The molecule has 1 saturated heterocycles. The number of hydrogen-bond donors (Lipinski definition) is 0. The summed E-state index contributed by atoms with van der Waals surface area (Å²) in [6, 6.07) is 12.8. The highest BCUT2D eigenvalue weighted by atomic mass is 19.4. The number of amides is 1.